The molecule has 1 unspecified atom stereocenters. The van der Waals surface area contributed by atoms with Gasteiger partial charge >= 0.3 is 0 Å². The van der Waals surface area contributed by atoms with E-state index in [0.29, 0.717) is 22.9 Å². The van der Waals surface area contributed by atoms with Crippen molar-refractivity contribution >= 4 is 23.2 Å². The van der Waals surface area contributed by atoms with Crippen LogP contribution < -0.4 is 0 Å². The van der Waals surface area contributed by atoms with Crippen molar-refractivity contribution in [1.29, 1.82) is 0 Å². The van der Waals surface area contributed by atoms with Crippen LogP contribution in [0.3, 0.4) is 0 Å². The second kappa shape index (κ2) is 7.07. The average molecular weight is 313 g/mol. The zero-order chi connectivity index (χ0) is 14.5. The zero-order valence-electron chi connectivity index (χ0n) is 10.8. The highest BCUT2D eigenvalue weighted by Crippen LogP contribution is 2.24. The SMILES string of the molecule is OCC(Cc1cccc(F)c1)Cc1ccc(Cl)cc1Cl. The van der Waals surface area contributed by atoms with Crippen LogP contribution in [0.4, 0.5) is 4.39 Å². The number of aliphatic hydroxyl groups is 1. The van der Waals surface area contributed by atoms with Crippen LogP contribution in [0.5, 0.6) is 0 Å². The fourth-order valence-corrected chi connectivity index (χ4v) is 2.68. The van der Waals surface area contributed by atoms with Crippen molar-refractivity contribution in [3.8, 4) is 0 Å². The van der Waals surface area contributed by atoms with Crippen LogP contribution in [-0.4, -0.2) is 11.7 Å². The molecular formula is C16H15Cl2FO. The molecule has 0 amide bonds. The van der Waals surface area contributed by atoms with Crippen molar-refractivity contribution < 1.29 is 9.50 Å². The lowest BCUT2D eigenvalue weighted by atomic mass is 9.93. The summed E-state index contributed by atoms with van der Waals surface area (Å²) in [5.41, 5.74) is 1.81. The molecular weight excluding hydrogens is 298 g/mol. The van der Waals surface area contributed by atoms with Crippen molar-refractivity contribution in [3.63, 3.8) is 0 Å². The number of hydrogen-bond donors (Lipinski definition) is 1. The molecule has 4 heteroatoms. The largest absolute Gasteiger partial charge is 0.396 e. The van der Waals surface area contributed by atoms with Gasteiger partial charge in [-0.1, -0.05) is 41.4 Å². The van der Waals surface area contributed by atoms with E-state index in [1.807, 2.05) is 12.1 Å². The Morgan fingerprint density at radius 1 is 1.05 bits per heavy atom. The van der Waals surface area contributed by atoms with Gasteiger partial charge in [0.15, 0.2) is 0 Å². The molecule has 106 valence electrons. The minimum atomic E-state index is -0.260. The molecule has 2 aromatic carbocycles. The van der Waals surface area contributed by atoms with E-state index in [9.17, 15) is 9.50 Å². The van der Waals surface area contributed by atoms with Crippen LogP contribution in [-0.2, 0) is 12.8 Å². The van der Waals surface area contributed by atoms with E-state index in [1.54, 1.807) is 18.2 Å². The van der Waals surface area contributed by atoms with Gasteiger partial charge < -0.3 is 5.11 Å². The van der Waals surface area contributed by atoms with Crippen molar-refractivity contribution in [2.75, 3.05) is 6.61 Å². The summed E-state index contributed by atoms with van der Waals surface area (Å²) in [5, 5.41) is 10.7. The first-order chi connectivity index (χ1) is 9.58. The minimum absolute atomic E-state index is 0.00419. The molecule has 0 aliphatic heterocycles. The van der Waals surface area contributed by atoms with Crippen molar-refractivity contribution in [3.05, 3.63) is 69.5 Å². The molecule has 2 rings (SSSR count). The summed E-state index contributed by atoms with van der Waals surface area (Å²) < 4.78 is 13.2. The van der Waals surface area contributed by atoms with E-state index in [4.69, 9.17) is 23.2 Å². The monoisotopic (exact) mass is 312 g/mol. The predicted molar refractivity (Wildman–Crippen MR) is 80.8 cm³/mol. The maximum atomic E-state index is 13.2. The van der Waals surface area contributed by atoms with Crippen molar-refractivity contribution in [2.45, 2.75) is 12.8 Å². The van der Waals surface area contributed by atoms with Crippen molar-refractivity contribution in [2.24, 2.45) is 5.92 Å². The summed E-state index contributed by atoms with van der Waals surface area (Å²) in [6, 6.07) is 11.8. The summed E-state index contributed by atoms with van der Waals surface area (Å²) >= 11 is 12.0. The Bertz CT molecular complexity index is 586. The molecule has 0 saturated heterocycles. The molecule has 0 spiro atoms. The van der Waals surface area contributed by atoms with Gasteiger partial charge in [0.1, 0.15) is 5.82 Å². The Balaban J connectivity index is 2.09. The van der Waals surface area contributed by atoms with Gasteiger partial charge in [-0.25, -0.2) is 4.39 Å². The van der Waals surface area contributed by atoms with E-state index >= 15 is 0 Å². The minimum Gasteiger partial charge on any atom is -0.396 e. The summed E-state index contributed by atoms with van der Waals surface area (Å²) in [5.74, 6) is -0.265. The maximum absolute atomic E-state index is 13.2. The first-order valence-electron chi connectivity index (χ1n) is 6.37. The molecule has 0 saturated carbocycles. The molecule has 20 heavy (non-hydrogen) atoms. The zero-order valence-corrected chi connectivity index (χ0v) is 12.3. The van der Waals surface area contributed by atoms with Crippen LogP contribution >= 0.6 is 23.2 Å². The Kier molecular flexibility index (Phi) is 5.41. The summed E-state index contributed by atoms with van der Waals surface area (Å²) in [6.45, 7) is 0.0233. The maximum Gasteiger partial charge on any atom is 0.123 e. The van der Waals surface area contributed by atoms with Gasteiger partial charge in [-0.15, -0.1) is 0 Å². The second-order valence-electron chi connectivity index (χ2n) is 4.82. The third-order valence-electron chi connectivity index (χ3n) is 3.20. The lowest BCUT2D eigenvalue weighted by Gasteiger charge is -2.15. The van der Waals surface area contributed by atoms with Crippen LogP contribution in [0.1, 0.15) is 11.1 Å². The first-order valence-corrected chi connectivity index (χ1v) is 7.13. The van der Waals surface area contributed by atoms with Crippen LogP contribution in [0.2, 0.25) is 10.0 Å². The molecule has 0 aliphatic carbocycles. The number of halogens is 3. The van der Waals surface area contributed by atoms with Gasteiger partial charge in [-0.05, 0) is 54.2 Å². The molecule has 1 nitrogen and oxygen atoms in total. The first kappa shape index (κ1) is 15.3. The number of rotatable bonds is 5. The smallest absolute Gasteiger partial charge is 0.123 e. The highest BCUT2D eigenvalue weighted by atomic mass is 35.5. The molecule has 0 fully saturated rings. The van der Waals surface area contributed by atoms with E-state index < -0.39 is 0 Å². The summed E-state index contributed by atoms with van der Waals surface area (Å²) in [4.78, 5) is 0. The molecule has 1 atom stereocenters. The predicted octanol–water partition coefficient (Wildman–Crippen LogP) is 4.53. The normalized spacial score (nSPS) is 12.4. The molecule has 2 aromatic rings. The molecule has 0 heterocycles. The average Bonchev–Trinajstić information content (AvgIpc) is 2.41. The van der Waals surface area contributed by atoms with E-state index in [2.05, 4.69) is 0 Å². The highest BCUT2D eigenvalue weighted by molar-refractivity contribution is 6.35. The number of aliphatic hydroxyl groups excluding tert-OH is 1. The lowest BCUT2D eigenvalue weighted by molar-refractivity contribution is 0.225. The third-order valence-corrected chi connectivity index (χ3v) is 3.78. The molecule has 1 N–H and O–H groups in total. The van der Waals surface area contributed by atoms with E-state index in [-0.39, 0.29) is 18.3 Å². The Labute approximate surface area is 128 Å². The topological polar surface area (TPSA) is 20.2 Å². The van der Waals surface area contributed by atoms with Gasteiger partial charge in [-0.2, -0.15) is 0 Å². The van der Waals surface area contributed by atoms with Crippen LogP contribution in [0.25, 0.3) is 0 Å². The Morgan fingerprint density at radius 2 is 1.85 bits per heavy atom. The fraction of sp³-hybridized carbons (Fsp3) is 0.250. The van der Waals surface area contributed by atoms with Gasteiger partial charge in [0.25, 0.3) is 0 Å². The number of hydrogen-bond acceptors (Lipinski definition) is 1. The number of benzene rings is 2. The van der Waals surface area contributed by atoms with Crippen LogP contribution in [0, 0.1) is 11.7 Å². The van der Waals surface area contributed by atoms with Gasteiger partial charge in [0, 0.05) is 16.7 Å². The summed E-state index contributed by atoms with van der Waals surface area (Å²) in [7, 11) is 0. The van der Waals surface area contributed by atoms with E-state index in [0.717, 1.165) is 11.1 Å². The summed E-state index contributed by atoms with van der Waals surface area (Å²) in [6.07, 6.45) is 1.23. The third kappa shape index (κ3) is 4.20. The lowest BCUT2D eigenvalue weighted by Crippen LogP contribution is -2.13. The molecule has 0 bridgehead atoms. The fourth-order valence-electron chi connectivity index (χ4n) is 2.20. The Morgan fingerprint density at radius 3 is 2.50 bits per heavy atom. The molecule has 0 radical (unpaired) electrons. The quantitative estimate of drug-likeness (QED) is 0.860. The second-order valence-corrected chi connectivity index (χ2v) is 5.67. The van der Waals surface area contributed by atoms with Gasteiger partial charge in [0.05, 0.1) is 0 Å². The Hall–Kier alpha value is -1.09. The van der Waals surface area contributed by atoms with Crippen molar-refractivity contribution in [1.82, 2.24) is 0 Å². The van der Waals surface area contributed by atoms with Gasteiger partial charge in [0.2, 0.25) is 0 Å². The molecule has 0 aromatic heterocycles. The molecule has 0 aliphatic rings. The van der Waals surface area contributed by atoms with E-state index in [1.165, 1.54) is 12.1 Å². The highest BCUT2D eigenvalue weighted by Gasteiger charge is 2.12. The van der Waals surface area contributed by atoms with Gasteiger partial charge in [-0.3, -0.25) is 0 Å². The van der Waals surface area contributed by atoms with Crippen LogP contribution in [0.15, 0.2) is 42.5 Å². The standard InChI is InChI=1S/C16H15Cl2FO/c17-14-5-4-13(16(18)9-14)7-12(10-20)6-11-2-1-3-15(19)8-11/h1-5,8-9,12,20H,6-7,10H2.